The number of ether oxygens (including phenoxy) is 4. The molecular weight excluding hydrogens is 380 g/mol. The monoisotopic (exact) mass is 402 g/mol. The van der Waals surface area contributed by atoms with Crippen LogP contribution in [0.15, 0.2) is 46.0 Å². The van der Waals surface area contributed by atoms with E-state index in [1.54, 1.807) is 33.5 Å². The third-order valence-electron chi connectivity index (χ3n) is 3.89. The van der Waals surface area contributed by atoms with Crippen molar-refractivity contribution in [3.63, 3.8) is 0 Å². The summed E-state index contributed by atoms with van der Waals surface area (Å²) in [5.74, 6) is 3.47. The van der Waals surface area contributed by atoms with Crippen LogP contribution in [0.5, 0.6) is 23.0 Å². The number of benzene rings is 2. The first kappa shape index (κ1) is 19.9. The molecule has 0 bridgehead atoms. The van der Waals surface area contributed by atoms with E-state index in [-0.39, 0.29) is 0 Å². The molecule has 0 saturated carbocycles. The van der Waals surface area contributed by atoms with E-state index in [1.165, 1.54) is 11.8 Å². The van der Waals surface area contributed by atoms with Crippen molar-refractivity contribution in [2.24, 2.45) is 0 Å². The fraction of sp³-hybridized carbons (Fsp3) is 0.300. The molecule has 0 amide bonds. The molecule has 0 N–H and O–H groups in total. The second kappa shape index (κ2) is 9.36. The largest absolute Gasteiger partial charge is 0.493 e. The Kier molecular flexibility index (Phi) is 6.65. The molecule has 0 spiro atoms. The minimum absolute atomic E-state index is 0.376. The summed E-state index contributed by atoms with van der Waals surface area (Å²) in [6.07, 6.45) is 0. The summed E-state index contributed by atoms with van der Waals surface area (Å²) >= 11 is 1.43. The molecule has 1 heterocycles. The fourth-order valence-corrected chi connectivity index (χ4v) is 3.16. The number of hydrogen-bond acceptors (Lipinski definition) is 8. The molecule has 1 aromatic heterocycles. The molecule has 0 fully saturated rings. The minimum atomic E-state index is 0.376. The van der Waals surface area contributed by atoms with Gasteiger partial charge >= 0.3 is 0 Å². The van der Waals surface area contributed by atoms with Crippen LogP contribution in [0.1, 0.15) is 5.56 Å². The number of aromatic nitrogens is 2. The molecule has 0 aliphatic rings. The van der Waals surface area contributed by atoms with Gasteiger partial charge < -0.3 is 23.4 Å². The van der Waals surface area contributed by atoms with Crippen molar-refractivity contribution < 1.29 is 23.4 Å². The van der Waals surface area contributed by atoms with Crippen LogP contribution in [0, 0.1) is 6.92 Å². The van der Waals surface area contributed by atoms with E-state index < -0.39 is 0 Å². The van der Waals surface area contributed by atoms with Gasteiger partial charge in [0.05, 0.1) is 27.9 Å². The van der Waals surface area contributed by atoms with Gasteiger partial charge in [-0.1, -0.05) is 23.9 Å². The Morgan fingerprint density at radius 1 is 0.964 bits per heavy atom. The lowest BCUT2D eigenvalue weighted by Gasteiger charge is -2.12. The maximum Gasteiger partial charge on any atom is 0.276 e. The zero-order valence-electron chi connectivity index (χ0n) is 16.2. The molecule has 0 radical (unpaired) electrons. The van der Waals surface area contributed by atoms with Crippen LogP contribution in [0.4, 0.5) is 0 Å². The molecule has 0 aliphatic carbocycles. The minimum Gasteiger partial charge on any atom is -0.493 e. The third-order valence-corrected chi connectivity index (χ3v) is 4.67. The number of hydrogen-bond donors (Lipinski definition) is 0. The Morgan fingerprint density at radius 3 is 2.36 bits per heavy atom. The summed E-state index contributed by atoms with van der Waals surface area (Å²) in [6, 6.07) is 11.5. The standard InChI is InChI=1S/C20H22N2O5S/c1-13-6-5-7-15(10-13)26-8-9-28-20-22-21-19(27-20)14-11-16(23-2)18(25-4)17(12-14)24-3/h5-7,10-12H,8-9H2,1-4H3. The lowest BCUT2D eigenvalue weighted by molar-refractivity contribution is 0.324. The summed E-state index contributed by atoms with van der Waals surface area (Å²) in [5, 5.41) is 8.66. The predicted molar refractivity (Wildman–Crippen MR) is 107 cm³/mol. The predicted octanol–water partition coefficient (Wildman–Crippen LogP) is 4.24. The zero-order chi connectivity index (χ0) is 19.9. The smallest absolute Gasteiger partial charge is 0.276 e. The van der Waals surface area contributed by atoms with Crippen LogP contribution in [-0.4, -0.2) is 43.9 Å². The highest BCUT2D eigenvalue weighted by atomic mass is 32.2. The van der Waals surface area contributed by atoms with Gasteiger partial charge in [-0.05, 0) is 36.8 Å². The van der Waals surface area contributed by atoms with Crippen LogP contribution >= 0.6 is 11.8 Å². The number of thioether (sulfide) groups is 1. The van der Waals surface area contributed by atoms with Crippen molar-refractivity contribution in [3.8, 4) is 34.5 Å². The average Bonchev–Trinajstić information content (AvgIpc) is 3.19. The normalized spacial score (nSPS) is 10.6. The number of nitrogens with zero attached hydrogens (tertiary/aromatic N) is 2. The summed E-state index contributed by atoms with van der Waals surface area (Å²) in [6.45, 7) is 2.57. The van der Waals surface area contributed by atoms with Gasteiger partial charge in [-0.2, -0.15) is 0 Å². The molecule has 0 unspecified atom stereocenters. The number of aryl methyl sites for hydroxylation is 1. The van der Waals surface area contributed by atoms with Crippen molar-refractivity contribution in [2.45, 2.75) is 12.1 Å². The van der Waals surface area contributed by atoms with Crippen molar-refractivity contribution in [1.29, 1.82) is 0 Å². The molecule has 0 saturated heterocycles. The Bertz CT molecular complexity index is 903. The highest BCUT2D eigenvalue weighted by molar-refractivity contribution is 7.99. The quantitative estimate of drug-likeness (QED) is 0.389. The second-order valence-corrected chi connectivity index (χ2v) is 6.85. The van der Waals surface area contributed by atoms with Crippen LogP contribution < -0.4 is 18.9 Å². The first-order valence-corrected chi connectivity index (χ1v) is 9.59. The maximum absolute atomic E-state index is 5.75. The second-order valence-electron chi connectivity index (χ2n) is 5.80. The number of rotatable bonds is 9. The van der Waals surface area contributed by atoms with Gasteiger partial charge in [0.15, 0.2) is 11.5 Å². The van der Waals surface area contributed by atoms with E-state index in [4.69, 9.17) is 23.4 Å². The SMILES string of the molecule is COc1cc(-c2nnc(SCCOc3cccc(C)c3)o2)cc(OC)c1OC. The molecule has 28 heavy (non-hydrogen) atoms. The average molecular weight is 402 g/mol. The Morgan fingerprint density at radius 2 is 1.71 bits per heavy atom. The number of methoxy groups -OCH3 is 3. The molecule has 7 nitrogen and oxygen atoms in total. The molecule has 148 valence electrons. The molecule has 3 rings (SSSR count). The summed E-state index contributed by atoms with van der Waals surface area (Å²) in [5.41, 5.74) is 1.85. The Hall–Kier alpha value is -2.87. The molecular formula is C20H22N2O5S. The van der Waals surface area contributed by atoms with Gasteiger partial charge in [0.2, 0.25) is 11.6 Å². The van der Waals surface area contributed by atoms with Crippen molar-refractivity contribution in [1.82, 2.24) is 10.2 Å². The first-order valence-electron chi connectivity index (χ1n) is 8.60. The van der Waals surface area contributed by atoms with Crippen LogP contribution in [0.25, 0.3) is 11.5 Å². The van der Waals surface area contributed by atoms with Crippen molar-refractivity contribution in [3.05, 3.63) is 42.0 Å². The van der Waals surface area contributed by atoms with Crippen LogP contribution in [0.2, 0.25) is 0 Å². The Balaban J connectivity index is 1.63. The van der Waals surface area contributed by atoms with E-state index in [0.29, 0.717) is 46.3 Å². The summed E-state index contributed by atoms with van der Waals surface area (Å²) in [4.78, 5) is 0. The third kappa shape index (κ3) is 4.69. The van der Waals surface area contributed by atoms with Gasteiger partial charge in [0.25, 0.3) is 5.22 Å². The highest BCUT2D eigenvalue weighted by Crippen LogP contribution is 2.41. The van der Waals surface area contributed by atoms with Gasteiger partial charge in [-0.15, -0.1) is 10.2 Å². The Labute approximate surface area is 168 Å². The van der Waals surface area contributed by atoms with Crippen LogP contribution in [0.3, 0.4) is 0 Å². The lowest BCUT2D eigenvalue weighted by Crippen LogP contribution is -2.00. The molecule has 0 aliphatic heterocycles. The van der Waals surface area contributed by atoms with Crippen molar-refractivity contribution in [2.75, 3.05) is 33.7 Å². The highest BCUT2D eigenvalue weighted by Gasteiger charge is 2.17. The van der Waals surface area contributed by atoms with E-state index in [0.717, 1.165) is 11.3 Å². The van der Waals surface area contributed by atoms with Gasteiger partial charge in [0, 0.05) is 11.3 Å². The van der Waals surface area contributed by atoms with Crippen molar-refractivity contribution >= 4 is 11.8 Å². The van der Waals surface area contributed by atoms with Gasteiger partial charge in [-0.3, -0.25) is 0 Å². The van der Waals surface area contributed by atoms with Gasteiger partial charge in [0.1, 0.15) is 5.75 Å². The van der Waals surface area contributed by atoms with E-state index in [9.17, 15) is 0 Å². The summed E-state index contributed by atoms with van der Waals surface area (Å²) < 4.78 is 27.5. The van der Waals surface area contributed by atoms with Gasteiger partial charge in [-0.25, -0.2) is 0 Å². The molecule has 2 aromatic carbocycles. The molecule has 8 heteroatoms. The lowest BCUT2D eigenvalue weighted by atomic mass is 10.2. The van der Waals surface area contributed by atoms with E-state index in [1.807, 2.05) is 31.2 Å². The molecule has 0 atom stereocenters. The zero-order valence-corrected chi connectivity index (χ0v) is 17.0. The maximum atomic E-state index is 5.75. The summed E-state index contributed by atoms with van der Waals surface area (Å²) in [7, 11) is 4.68. The van der Waals surface area contributed by atoms with Crippen LogP contribution in [-0.2, 0) is 0 Å². The van der Waals surface area contributed by atoms with E-state index in [2.05, 4.69) is 10.2 Å². The topological polar surface area (TPSA) is 75.8 Å². The molecule has 3 aromatic rings. The fourth-order valence-electron chi connectivity index (χ4n) is 2.58. The first-order chi connectivity index (χ1) is 13.6. The van der Waals surface area contributed by atoms with E-state index >= 15 is 0 Å².